The Morgan fingerprint density at radius 1 is 1.19 bits per heavy atom. The second-order valence-electron chi connectivity index (χ2n) is 6.20. The number of rotatable bonds is 4. The van der Waals surface area contributed by atoms with Crippen LogP contribution in [0.25, 0.3) is 0 Å². The zero-order valence-corrected chi connectivity index (χ0v) is 12.5. The Balaban J connectivity index is 1.72. The summed E-state index contributed by atoms with van der Waals surface area (Å²) in [4.78, 5) is 4.51. The Bertz CT molecular complexity index is 571. The highest BCUT2D eigenvalue weighted by atomic mass is 16.5. The number of nitrogens with zero attached hydrogens (tertiary/aromatic N) is 2. The highest BCUT2D eigenvalue weighted by Gasteiger charge is 2.28. The standard InChI is InChI=1S/C17H22N2O2/c1-17(20,14-10-6-3-7-11-14)12-15-18-16(19-21-15)13-8-4-2-5-9-13/h3,6-7,10-11,13,20H,2,4-5,8-9,12H2,1H3/t17-/m0/s1. The van der Waals surface area contributed by atoms with Crippen LogP contribution in [-0.4, -0.2) is 15.2 Å². The van der Waals surface area contributed by atoms with Crippen LogP contribution in [0.3, 0.4) is 0 Å². The van der Waals surface area contributed by atoms with E-state index in [1.807, 2.05) is 30.3 Å². The average Bonchev–Trinajstić information content (AvgIpc) is 2.97. The van der Waals surface area contributed by atoms with Gasteiger partial charge in [0, 0.05) is 5.92 Å². The molecule has 1 aliphatic rings. The van der Waals surface area contributed by atoms with E-state index >= 15 is 0 Å². The van der Waals surface area contributed by atoms with Crippen molar-refractivity contribution < 1.29 is 9.63 Å². The number of benzene rings is 1. The van der Waals surface area contributed by atoms with Crippen molar-refractivity contribution >= 4 is 0 Å². The third-order valence-electron chi connectivity index (χ3n) is 4.35. The fourth-order valence-electron chi connectivity index (χ4n) is 3.06. The van der Waals surface area contributed by atoms with E-state index in [1.165, 1.54) is 19.3 Å². The van der Waals surface area contributed by atoms with E-state index in [-0.39, 0.29) is 0 Å². The Labute approximate surface area is 125 Å². The molecule has 0 bridgehead atoms. The molecule has 1 aromatic heterocycles. The SMILES string of the molecule is C[C@](O)(Cc1nc(C2CCCCC2)no1)c1ccccc1. The van der Waals surface area contributed by atoms with Gasteiger partial charge in [0.05, 0.1) is 12.0 Å². The molecule has 1 aliphatic carbocycles. The summed E-state index contributed by atoms with van der Waals surface area (Å²) < 4.78 is 5.35. The third-order valence-corrected chi connectivity index (χ3v) is 4.35. The first-order chi connectivity index (χ1) is 10.1. The van der Waals surface area contributed by atoms with Crippen molar-refractivity contribution in [2.45, 2.75) is 57.0 Å². The molecule has 0 saturated heterocycles. The largest absolute Gasteiger partial charge is 0.385 e. The maximum absolute atomic E-state index is 10.6. The first kappa shape index (κ1) is 14.3. The molecular formula is C17H22N2O2. The van der Waals surface area contributed by atoms with Crippen LogP contribution in [0, 0.1) is 0 Å². The van der Waals surface area contributed by atoms with Gasteiger partial charge in [0.2, 0.25) is 5.89 Å². The fourth-order valence-corrected chi connectivity index (χ4v) is 3.06. The van der Waals surface area contributed by atoms with Crippen molar-refractivity contribution in [3.05, 3.63) is 47.6 Å². The number of aliphatic hydroxyl groups is 1. The Hall–Kier alpha value is -1.68. The molecule has 1 heterocycles. The number of hydrogen-bond acceptors (Lipinski definition) is 4. The van der Waals surface area contributed by atoms with E-state index in [1.54, 1.807) is 6.92 Å². The molecule has 3 rings (SSSR count). The molecule has 0 aliphatic heterocycles. The molecule has 0 spiro atoms. The van der Waals surface area contributed by atoms with Crippen molar-refractivity contribution in [2.75, 3.05) is 0 Å². The van der Waals surface area contributed by atoms with E-state index in [0.717, 1.165) is 24.2 Å². The van der Waals surface area contributed by atoms with Crippen LogP contribution in [-0.2, 0) is 12.0 Å². The maximum Gasteiger partial charge on any atom is 0.229 e. The quantitative estimate of drug-likeness (QED) is 0.933. The average molecular weight is 286 g/mol. The normalized spacial score (nSPS) is 19.3. The van der Waals surface area contributed by atoms with Crippen molar-refractivity contribution in [2.24, 2.45) is 0 Å². The van der Waals surface area contributed by atoms with Gasteiger partial charge in [-0.15, -0.1) is 0 Å². The molecule has 2 aromatic rings. The predicted molar refractivity (Wildman–Crippen MR) is 79.8 cm³/mol. The van der Waals surface area contributed by atoms with E-state index in [4.69, 9.17) is 4.52 Å². The minimum Gasteiger partial charge on any atom is -0.385 e. The molecule has 21 heavy (non-hydrogen) atoms. The van der Waals surface area contributed by atoms with Gasteiger partial charge in [-0.3, -0.25) is 0 Å². The predicted octanol–water partition coefficient (Wildman–Crippen LogP) is 3.57. The van der Waals surface area contributed by atoms with Crippen LogP contribution >= 0.6 is 0 Å². The van der Waals surface area contributed by atoms with Crippen molar-refractivity contribution in [1.82, 2.24) is 10.1 Å². The van der Waals surface area contributed by atoms with Crippen molar-refractivity contribution in [3.63, 3.8) is 0 Å². The highest BCUT2D eigenvalue weighted by Crippen LogP contribution is 2.31. The summed E-state index contributed by atoms with van der Waals surface area (Å²) >= 11 is 0. The fraction of sp³-hybridized carbons (Fsp3) is 0.529. The van der Waals surface area contributed by atoms with E-state index in [2.05, 4.69) is 10.1 Å². The van der Waals surface area contributed by atoms with Gasteiger partial charge < -0.3 is 9.63 Å². The molecule has 0 unspecified atom stereocenters. The van der Waals surface area contributed by atoms with Gasteiger partial charge in [-0.1, -0.05) is 54.8 Å². The lowest BCUT2D eigenvalue weighted by molar-refractivity contribution is 0.0490. The Morgan fingerprint density at radius 3 is 2.62 bits per heavy atom. The second-order valence-corrected chi connectivity index (χ2v) is 6.20. The van der Waals surface area contributed by atoms with Gasteiger partial charge in [0.15, 0.2) is 5.82 Å². The summed E-state index contributed by atoms with van der Waals surface area (Å²) in [6.45, 7) is 1.78. The van der Waals surface area contributed by atoms with Crippen LogP contribution in [0.15, 0.2) is 34.9 Å². The summed E-state index contributed by atoms with van der Waals surface area (Å²) in [7, 11) is 0. The smallest absolute Gasteiger partial charge is 0.229 e. The number of aromatic nitrogens is 2. The Morgan fingerprint density at radius 2 is 1.90 bits per heavy atom. The summed E-state index contributed by atoms with van der Waals surface area (Å²) in [5.41, 5.74) is -0.125. The minimum atomic E-state index is -0.988. The lowest BCUT2D eigenvalue weighted by Gasteiger charge is -2.21. The highest BCUT2D eigenvalue weighted by molar-refractivity contribution is 5.22. The zero-order chi connectivity index (χ0) is 14.7. The molecule has 1 fully saturated rings. The maximum atomic E-state index is 10.6. The second kappa shape index (κ2) is 5.98. The lowest BCUT2D eigenvalue weighted by atomic mass is 9.89. The molecule has 112 valence electrons. The third kappa shape index (κ3) is 3.32. The zero-order valence-electron chi connectivity index (χ0n) is 12.5. The van der Waals surface area contributed by atoms with Crippen LogP contribution < -0.4 is 0 Å². The van der Waals surface area contributed by atoms with Crippen LogP contribution in [0.4, 0.5) is 0 Å². The van der Waals surface area contributed by atoms with Crippen molar-refractivity contribution in [3.8, 4) is 0 Å². The molecule has 0 amide bonds. The summed E-state index contributed by atoms with van der Waals surface area (Å²) in [5.74, 6) is 1.76. The van der Waals surface area contributed by atoms with E-state index in [0.29, 0.717) is 18.2 Å². The topological polar surface area (TPSA) is 59.2 Å². The van der Waals surface area contributed by atoms with Gasteiger partial charge >= 0.3 is 0 Å². The summed E-state index contributed by atoms with van der Waals surface area (Å²) in [6, 6.07) is 9.61. The van der Waals surface area contributed by atoms with Crippen LogP contribution in [0.5, 0.6) is 0 Å². The van der Waals surface area contributed by atoms with Gasteiger partial charge in [-0.2, -0.15) is 4.98 Å². The van der Waals surface area contributed by atoms with Crippen LogP contribution in [0.2, 0.25) is 0 Å². The molecular weight excluding hydrogens is 264 g/mol. The molecule has 4 heteroatoms. The molecule has 4 nitrogen and oxygen atoms in total. The van der Waals surface area contributed by atoms with Gasteiger partial charge in [-0.05, 0) is 25.3 Å². The summed E-state index contributed by atoms with van der Waals surface area (Å²) in [6.07, 6.45) is 6.44. The van der Waals surface area contributed by atoms with E-state index in [9.17, 15) is 5.11 Å². The Kier molecular flexibility index (Phi) is 4.06. The molecule has 1 atom stereocenters. The van der Waals surface area contributed by atoms with Gasteiger partial charge in [0.1, 0.15) is 0 Å². The first-order valence-corrected chi connectivity index (χ1v) is 7.75. The molecule has 0 radical (unpaired) electrons. The molecule has 1 saturated carbocycles. The lowest BCUT2D eigenvalue weighted by Crippen LogP contribution is -2.24. The molecule has 1 N–H and O–H groups in total. The van der Waals surface area contributed by atoms with Crippen LogP contribution in [0.1, 0.15) is 62.2 Å². The monoisotopic (exact) mass is 286 g/mol. The van der Waals surface area contributed by atoms with Gasteiger partial charge in [-0.25, -0.2) is 0 Å². The number of hydrogen-bond donors (Lipinski definition) is 1. The minimum absolute atomic E-state index is 0.344. The summed E-state index contributed by atoms with van der Waals surface area (Å²) in [5, 5.41) is 14.8. The molecule has 1 aromatic carbocycles. The van der Waals surface area contributed by atoms with Crippen molar-refractivity contribution in [1.29, 1.82) is 0 Å². The van der Waals surface area contributed by atoms with Gasteiger partial charge in [0.25, 0.3) is 0 Å². The first-order valence-electron chi connectivity index (χ1n) is 7.75. The van der Waals surface area contributed by atoms with E-state index < -0.39 is 5.60 Å².